The van der Waals surface area contributed by atoms with Gasteiger partial charge in [0.1, 0.15) is 6.29 Å². The summed E-state index contributed by atoms with van der Waals surface area (Å²) in [5, 5.41) is 41.2. The van der Waals surface area contributed by atoms with Crippen LogP contribution in [0, 0.1) is 6.92 Å². The summed E-state index contributed by atoms with van der Waals surface area (Å²) in [5.41, 5.74) is 18.1. The number of rotatable bonds is 25. The molecule has 4 fully saturated rings. The molecule has 0 radical (unpaired) electrons. The van der Waals surface area contributed by atoms with Crippen LogP contribution in [-0.2, 0) is 68.1 Å². The Labute approximate surface area is 658 Å². The fourth-order valence-corrected chi connectivity index (χ4v) is 15.5. The number of hydrogen-bond acceptors (Lipinski definition) is 17. The number of aromatic nitrogens is 6. The van der Waals surface area contributed by atoms with Gasteiger partial charge in [-0.1, -0.05) is 98.8 Å². The molecule has 6 aromatic carbocycles. The molecule has 14 rings (SSSR count). The number of hydrogen-bond donors (Lipinski definition) is 9. The fraction of sp³-hybridized carbons (Fsp3) is 0.404. The van der Waals surface area contributed by atoms with Crippen LogP contribution in [0.5, 0.6) is 0 Å². The number of nitrogens with one attached hydrogen (secondary N) is 9. The van der Waals surface area contributed by atoms with Crippen LogP contribution in [0.15, 0.2) is 152 Å². The van der Waals surface area contributed by atoms with Crippen LogP contribution in [0.2, 0.25) is 0 Å². The molecule has 0 bridgehead atoms. The molecule has 0 unspecified atom stereocenters. The van der Waals surface area contributed by atoms with E-state index in [0.29, 0.717) is 117 Å². The van der Waals surface area contributed by atoms with E-state index in [1.165, 1.54) is 5.56 Å². The molecule has 4 amide bonds. The average molecular weight is 1520 g/mol. The second-order valence-corrected chi connectivity index (χ2v) is 29.9. The Balaban J connectivity index is 0.000000190. The van der Waals surface area contributed by atoms with Crippen molar-refractivity contribution in [2.24, 2.45) is 0 Å². The van der Waals surface area contributed by atoms with Gasteiger partial charge in [-0.3, -0.25) is 28.9 Å². The summed E-state index contributed by atoms with van der Waals surface area (Å²) in [6, 6.07) is 46.8. The summed E-state index contributed by atoms with van der Waals surface area (Å²) < 4.78 is 15.0. The van der Waals surface area contributed by atoms with Crippen molar-refractivity contribution in [3.63, 3.8) is 0 Å². The predicted molar refractivity (Wildman–Crippen MR) is 444 cm³/mol. The van der Waals surface area contributed by atoms with E-state index in [-0.39, 0.29) is 48.8 Å². The number of amides is 4. The van der Waals surface area contributed by atoms with Crippen LogP contribution in [-0.4, -0.2) is 153 Å². The van der Waals surface area contributed by atoms with Crippen molar-refractivity contribution in [2.75, 3.05) is 63.2 Å². The van der Waals surface area contributed by atoms with Gasteiger partial charge in [-0.05, 0) is 186 Å². The molecule has 588 valence electrons. The molecule has 4 saturated heterocycles. The van der Waals surface area contributed by atoms with Crippen LogP contribution in [0.4, 0.5) is 11.4 Å². The highest BCUT2D eigenvalue weighted by Gasteiger charge is 2.27. The van der Waals surface area contributed by atoms with Gasteiger partial charge in [-0.15, -0.1) is 0 Å². The first-order chi connectivity index (χ1) is 54.5. The Kier molecular flexibility index (Phi) is 28.3. The first-order valence-electron chi connectivity index (χ1n) is 40.0. The second kappa shape index (κ2) is 39.1. The largest absolute Gasteiger partial charge is 0.381 e. The highest BCUT2D eigenvalue weighted by molar-refractivity contribution is 6.01. The normalized spacial score (nSPS) is 17.5. The first-order valence-corrected chi connectivity index (χ1v) is 40.0. The molecule has 8 heterocycles. The average Bonchev–Trinajstić information content (AvgIpc) is 1.61. The Morgan fingerprint density at radius 1 is 0.500 bits per heavy atom. The molecule has 0 spiro atoms. The molecule has 4 atom stereocenters. The predicted octanol–water partition coefficient (Wildman–Crippen LogP) is 12.5. The maximum absolute atomic E-state index is 13.6. The van der Waals surface area contributed by atoms with Crippen molar-refractivity contribution < 1.29 is 33.4 Å². The van der Waals surface area contributed by atoms with Crippen molar-refractivity contribution in [3.8, 4) is 22.3 Å². The van der Waals surface area contributed by atoms with E-state index in [4.69, 9.17) is 19.4 Å². The lowest BCUT2D eigenvalue weighted by Crippen LogP contribution is -2.53. The maximum atomic E-state index is 13.6. The number of aryl methyl sites for hydroxylation is 4. The third-order valence-electron chi connectivity index (χ3n) is 21.3. The number of nitrogens with zero attached hydrogens (tertiary/aromatic N) is 7. The lowest BCUT2D eigenvalue weighted by atomic mass is 9.95. The highest BCUT2D eigenvalue weighted by atomic mass is 16.5. The van der Waals surface area contributed by atoms with Gasteiger partial charge in [-0.2, -0.15) is 10.2 Å². The van der Waals surface area contributed by atoms with Crippen molar-refractivity contribution in [1.29, 1.82) is 0 Å². The summed E-state index contributed by atoms with van der Waals surface area (Å²) in [7, 11) is 0. The lowest BCUT2D eigenvalue weighted by Gasteiger charge is -2.36. The van der Waals surface area contributed by atoms with Gasteiger partial charge in [0.25, 0.3) is 23.6 Å². The minimum Gasteiger partial charge on any atom is -0.381 e. The monoisotopic (exact) mass is 1510 g/mol. The van der Waals surface area contributed by atoms with E-state index in [1.54, 1.807) is 54.6 Å². The van der Waals surface area contributed by atoms with Gasteiger partial charge >= 0.3 is 0 Å². The van der Waals surface area contributed by atoms with E-state index < -0.39 is 0 Å². The number of carbonyl (C=O) groups is 5. The van der Waals surface area contributed by atoms with E-state index in [2.05, 4.69) is 148 Å². The molecule has 0 saturated carbocycles. The summed E-state index contributed by atoms with van der Waals surface area (Å²) >= 11 is 0. The molecular formula is C89H110N16O7. The quantitative estimate of drug-likeness (QED) is 0.0241. The van der Waals surface area contributed by atoms with Gasteiger partial charge in [0.05, 0.1) is 34.5 Å². The highest BCUT2D eigenvalue weighted by Crippen LogP contribution is 2.35. The first kappa shape index (κ1) is 81.0. The molecule has 112 heavy (non-hydrogen) atoms. The summed E-state index contributed by atoms with van der Waals surface area (Å²) in [5.74, 6) is -1.05. The Hall–Kier alpha value is -10.5. The number of pyridine rings is 2. The molecule has 23 heteroatoms. The molecule has 10 aromatic rings. The van der Waals surface area contributed by atoms with Gasteiger partial charge in [0.2, 0.25) is 0 Å². The zero-order chi connectivity index (χ0) is 78.6. The number of piperazine rings is 2. The van der Waals surface area contributed by atoms with Crippen LogP contribution >= 0.6 is 0 Å². The van der Waals surface area contributed by atoms with Crippen molar-refractivity contribution in [1.82, 2.24) is 71.6 Å². The van der Waals surface area contributed by atoms with Crippen molar-refractivity contribution >= 4 is 63.4 Å². The van der Waals surface area contributed by atoms with Crippen LogP contribution < -0.4 is 47.9 Å². The van der Waals surface area contributed by atoms with E-state index in [1.807, 2.05) is 84.1 Å². The number of carbonyl (C=O) groups excluding carboxylic acids is 5. The summed E-state index contributed by atoms with van der Waals surface area (Å²) in [4.78, 5) is 77.5. The molecule has 23 nitrogen and oxygen atoms in total. The zero-order valence-electron chi connectivity index (χ0n) is 66.3. The topological polar surface area (TPSA) is 277 Å². The minimum absolute atomic E-state index is 0.236. The van der Waals surface area contributed by atoms with E-state index >= 15 is 0 Å². The summed E-state index contributed by atoms with van der Waals surface area (Å²) in [6.45, 7) is 29.9. The van der Waals surface area contributed by atoms with Crippen LogP contribution in [0.1, 0.15) is 178 Å². The molecular weight excluding hydrogens is 1410 g/mol. The zero-order valence-corrected chi connectivity index (χ0v) is 66.3. The number of benzene rings is 6. The second-order valence-electron chi connectivity index (χ2n) is 29.9. The Morgan fingerprint density at radius 2 is 0.938 bits per heavy atom. The lowest BCUT2D eigenvalue weighted by molar-refractivity contribution is 0.0903. The molecule has 4 aromatic heterocycles. The van der Waals surface area contributed by atoms with Gasteiger partial charge in [0.15, 0.2) is 11.3 Å². The Morgan fingerprint density at radius 3 is 1.41 bits per heavy atom. The van der Waals surface area contributed by atoms with Gasteiger partial charge < -0.3 is 57.3 Å². The maximum Gasteiger partial charge on any atom is 0.251 e. The Bertz CT molecular complexity index is 4890. The fourth-order valence-electron chi connectivity index (χ4n) is 15.5. The van der Waals surface area contributed by atoms with Crippen molar-refractivity contribution in [2.45, 2.75) is 183 Å². The minimum atomic E-state index is -0.279. The molecule has 9 N–H and O–H groups in total. The molecule has 0 aliphatic carbocycles. The third kappa shape index (κ3) is 20.8. The van der Waals surface area contributed by atoms with Crippen LogP contribution in [0.3, 0.4) is 0 Å². The van der Waals surface area contributed by atoms with E-state index in [0.717, 1.165) is 160 Å². The molecule has 4 aliphatic rings. The smallest absolute Gasteiger partial charge is 0.251 e. The molecule has 4 aliphatic heterocycles. The number of anilines is 2. The van der Waals surface area contributed by atoms with Crippen LogP contribution in [0.25, 0.3) is 44.3 Å². The SMILES string of the molecule is CCc1nc2c(cnn2CC)c(NC2CCOCC2)c1CNC(=O)c1cccc(C(=O)NCc2cccc(-c3cccc(C=O)c3)c2C)c1.CCc1nc2c(cnn2CC)c(NC2CCOCC2)c1CNC(=O)c1cccc(C(=O)NCc2cccc(-c3cccc(CN4C[C@@H](C)N[C@@H](C)C4)c3)c2)c1.C[C@@H]1CNC[C@H](C)N1. The number of fused-ring (bicyclic) bond motifs is 2. The number of aldehydes is 1. The summed E-state index contributed by atoms with van der Waals surface area (Å²) in [6.07, 6.45) is 9.56. The van der Waals surface area contributed by atoms with Gasteiger partial charge in [0, 0.05) is 185 Å². The van der Waals surface area contributed by atoms with E-state index in [9.17, 15) is 24.0 Å². The number of ether oxygens (including phenoxy) is 2. The van der Waals surface area contributed by atoms with Crippen molar-refractivity contribution in [3.05, 3.63) is 225 Å². The van der Waals surface area contributed by atoms with Gasteiger partial charge in [-0.25, -0.2) is 19.3 Å². The standard InChI is InChI=1S/C44H54N8O3.C39H42N6O4.C6H14N2/c1-5-40-38(41(49-37-16-18-55-19-17-37)39-25-47-52(6-2)42(39)50-40)24-46-44(54)36-15-9-14-35(22-36)43(53)45-23-31-10-7-12-33(20-31)34-13-8-11-32(21-34)28-51-26-29(3)48-30(4)27-51;1-4-35-33(36(43-31-15-17-49-18-16-31)34-23-42-45(5-2)37(34)44-35)22-41-39(48)29-12-7-11-28(20-29)38(47)40-21-30-13-8-14-32(25(30)3)27-10-6-9-26(19-27)24-46;1-5-3-7-4-6(2)8-5/h7-15,20-22,25,29-30,37,48H,5-6,16-19,23-24,26-28H2,1-4H3,(H,45,53)(H,46,54)(H,49,50);6-14,19-20,23-24,31H,4-5,15-18,21-22H2,1-3H3,(H,40,47)(H,41,48)(H,43,44);5-8H,3-4H2,1-2H3/t29-,30+;;5-,6+. The third-order valence-corrected chi connectivity index (χ3v) is 21.3.